The van der Waals surface area contributed by atoms with E-state index in [1.54, 1.807) is 46.8 Å². The van der Waals surface area contributed by atoms with Crippen molar-refractivity contribution in [3.8, 4) is 23.0 Å². The zero-order valence-corrected chi connectivity index (χ0v) is 41.6. The number of Topliss-reactive ketones (excluding diaryl/α,β-unsaturated/α-hetero) is 1. The molecule has 0 radical (unpaired) electrons. The summed E-state index contributed by atoms with van der Waals surface area (Å²) in [7, 11) is 1.45. The van der Waals surface area contributed by atoms with Crippen LogP contribution < -0.4 is 15.5 Å². The van der Waals surface area contributed by atoms with Gasteiger partial charge in [-0.05, 0) is 32.8 Å². The van der Waals surface area contributed by atoms with Gasteiger partial charge in [0.15, 0.2) is 5.75 Å². The summed E-state index contributed by atoms with van der Waals surface area (Å²) >= 11 is 0. The topological polar surface area (TPSA) is 226 Å². The zero-order valence-electron chi connectivity index (χ0n) is 41.6. The second kappa shape index (κ2) is 24.4. The second-order valence-corrected chi connectivity index (χ2v) is 19.5. The number of rotatable bonds is 5. The van der Waals surface area contributed by atoms with Crippen LogP contribution in [-0.4, -0.2) is 92.8 Å². The number of hydrazone groups is 1. The number of benzene rings is 2. The highest BCUT2D eigenvalue weighted by Crippen LogP contribution is 2.55. The number of nitrogens with one attached hydrogen (secondary N) is 2. The fourth-order valence-corrected chi connectivity index (χ4v) is 9.90. The highest BCUT2D eigenvalue weighted by molar-refractivity contribution is 6.23. The summed E-state index contributed by atoms with van der Waals surface area (Å²) in [5, 5.41) is 66.0. The van der Waals surface area contributed by atoms with E-state index in [4.69, 9.17) is 18.9 Å². The van der Waals surface area contributed by atoms with E-state index in [0.29, 0.717) is 0 Å². The Hall–Kier alpha value is -5.12. The third-order valence-electron chi connectivity index (χ3n) is 14.3. The van der Waals surface area contributed by atoms with E-state index >= 15 is 0 Å². The summed E-state index contributed by atoms with van der Waals surface area (Å²) in [6.45, 7) is 12.6. The minimum atomic E-state index is -2.05. The summed E-state index contributed by atoms with van der Waals surface area (Å²) in [4.78, 5) is 41.0. The molecule has 68 heavy (non-hydrogen) atoms. The maximum absolute atomic E-state index is 14.6. The summed E-state index contributed by atoms with van der Waals surface area (Å²) in [6.07, 6.45) is 21.0. The molecule has 0 saturated heterocycles. The van der Waals surface area contributed by atoms with Gasteiger partial charge in [-0.1, -0.05) is 123 Å². The van der Waals surface area contributed by atoms with Crippen LogP contribution in [0.3, 0.4) is 0 Å². The minimum absolute atomic E-state index is 0.0252. The molecule has 4 aliphatic rings. The quantitative estimate of drug-likeness (QED) is 0.0488. The molecule has 2 aromatic carbocycles. The van der Waals surface area contributed by atoms with Crippen molar-refractivity contribution in [1.82, 2.24) is 5.43 Å². The molecule has 3 aliphatic heterocycles. The van der Waals surface area contributed by atoms with Crippen LogP contribution in [0.2, 0.25) is 0 Å². The second-order valence-electron chi connectivity index (χ2n) is 19.5. The van der Waals surface area contributed by atoms with E-state index in [1.807, 2.05) is 0 Å². The predicted octanol–water partition coefficient (Wildman–Crippen LogP) is 9.52. The van der Waals surface area contributed by atoms with Crippen molar-refractivity contribution in [3.63, 3.8) is 0 Å². The third-order valence-corrected chi connectivity index (χ3v) is 14.3. The molecule has 9 atom stereocenters. The Kier molecular flexibility index (Phi) is 19.3. The van der Waals surface area contributed by atoms with Crippen molar-refractivity contribution in [2.24, 2.45) is 28.8 Å². The maximum Gasteiger partial charge on any atom is 0.312 e. The molecule has 1 aliphatic carbocycles. The van der Waals surface area contributed by atoms with E-state index in [-0.39, 0.29) is 50.5 Å². The van der Waals surface area contributed by atoms with Crippen LogP contribution in [0.15, 0.2) is 41.2 Å². The molecule has 0 spiro atoms. The van der Waals surface area contributed by atoms with E-state index in [9.17, 15) is 39.9 Å². The lowest BCUT2D eigenvalue weighted by Gasteiger charge is -2.38. The van der Waals surface area contributed by atoms with Crippen LogP contribution in [-0.2, 0) is 23.8 Å². The van der Waals surface area contributed by atoms with Gasteiger partial charge in [0.25, 0.3) is 11.7 Å². The molecule has 5 bridgehead atoms. The first-order chi connectivity index (χ1) is 32.3. The highest BCUT2D eigenvalue weighted by atomic mass is 16.7. The number of methoxy groups -OCH3 is 1. The first-order valence-corrected chi connectivity index (χ1v) is 24.7. The summed E-state index contributed by atoms with van der Waals surface area (Å²) in [5.41, 5.74) is 2.98. The molecule has 6 rings (SSSR count). The molecule has 1 fully saturated rings. The summed E-state index contributed by atoms with van der Waals surface area (Å²) < 4.78 is 23.8. The summed E-state index contributed by atoms with van der Waals surface area (Å²) in [6, 6.07) is 0.0252. The Morgan fingerprint density at radius 1 is 0.824 bits per heavy atom. The van der Waals surface area contributed by atoms with Gasteiger partial charge in [0.05, 0.1) is 53.0 Å². The zero-order chi connectivity index (χ0) is 49.9. The number of esters is 1. The van der Waals surface area contributed by atoms with Crippen LogP contribution in [0.5, 0.6) is 23.0 Å². The normalized spacial score (nSPS) is 29.2. The standard InChI is InChI=1S/C53H77N3O12/c1-30-23-22-24-31(2)52(64)55-43-38(29-54-56-37-25-20-18-16-14-12-10-11-13-15-17-19-21-26-37)47(61)40-41(48(43)62)46(60)35(6)50-42(40)51(63)53(8,68-50)66-28-27-39(65-9)32(3)49(67-36(7)57)34(5)45(59)33(4)44(30)58/h22-24,27-30,32-34,37,39,44-45,49,56,58-62H,10-21,25-26H2,1-9H3,(H,55,64)/t30-,32+,33-,34-,39+,44-,45-,49-,53-/m0/s1. The Morgan fingerprint density at radius 3 is 1.99 bits per heavy atom. The number of aliphatic hydroxyl groups excluding tert-OH is 2. The van der Waals surface area contributed by atoms with Crippen LogP contribution in [0, 0.1) is 30.6 Å². The van der Waals surface area contributed by atoms with Crippen molar-refractivity contribution in [3.05, 3.63) is 52.8 Å². The molecular formula is C53H77N3O12. The Labute approximate surface area is 402 Å². The van der Waals surface area contributed by atoms with Crippen LogP contribution in [0.1, 0.15) is 160 Å². The SMILES string of the molecule is CO[C@@H]1C=CO[C@@]2(C)Oc3c(C)c(O)c4c(O)c(c(C=NNC5CCCCCCCCCCCCCC5)c(O)c4c3C2=O)NC(=O)C(C)=CC=C[C@H](C)[C@H](O)[C@H](C)[C@H](O)[C@H](C)[C@@H](OC(C)=O)[C@@H]1C. The number of ether oxygens (including phenoxy) is 4. The Bertz CT molecular complexity index is 2200. The van der Waals surface area contributed by atoms with Crippen LogP contribution in [0.4, 0.5) is 5.69 Å². The van der Waals surface area contributed by atoms with E-state index < -0.39 is 88.8 Å². The molecule has 15 heteroatoms. The van der Waals surface area contributed by atoms with Crippen molar-refractivity contribution in [2.75, 3.05) is 12.4 Å². The Balaban J connectivity index is 1.63. The van der Waals surface area contributed by atoms with Gasteiger partial charge in [0.2, 0.25) is 0 Å². The number of fused-ring (bicyclic) bond motifs is 14. The molecule has 1 amide bonds. The average molecular weight is 948 g/mol. The number of hydrogen-bond donors (Lipinski definition) is 7. The maximum atomic E-state index is 14.6. The number of anilines is 1. The lowest BCUT2D eigenvalue weighted by Crippen LogP contribution is -2.46. The number of ketones is 1. The molecule has 1 saturated carbocycles. The molecule has 0 aromatic heterocycles. The van der Waals surface area contributed by atoms with Crippen LogP contribution in [0.25, 0.3) is 10.8 Å². The molecule has 2 aromatic rings. The lowest BCUT2D eigenvalue weighted by atomic mass is 9.78. The molecule has 0 unspecified atom stereocenters. The Morgan fingerprint density at radius 2 is 1.41 bits per heavy atom. The van der Waals surface area contributed by atoms with E-state index in [1.165, 1.54) is 104 Å². The van der Waals surface area contributed by atoms with E-state index in [2.05, 4.69) is 15.8 Å². The molecule has 3 heterocycles. The largest absolute Gasteiger partial charge is 0.507 e. The number of phenols is 3. The molecule has 15 nitrogen and oxygen atoms in total. The predicted molar refractivity (Wildman–Crippen MR) is 263 cm³/mol. The lowest BCUT2D eigenvalue weighted by molar-refractivity contribution is -0.160. The fourth-order valence-electron chi connectivity index (χ4n) is 9.90. The van der Waals surface area contributed by atoms with E-state index in [0.717, 1.165) is 38.5 Å². The van der Waals surface area contributed by atoms with Gasteiger partial charge in [-0.15, -0.1) is 0 Å². The highest BCUT2D eigenvalue weighted by Gasteiger charge is 2.50. The number of allylic oxidation sites excluding steroid dienone is 2. The van der Waals surface area contributed by atoms with Crippen LogP contribution >= 0.6 is 0 Å². The molecule has 376 valence electrons. The van der Waals surface area contributed by atoms with Crippen molar-refractivity contribution >= 4 is 40.3 Å². The molecular weight excluding hydrogens is 871 g/mol. The summed E-state index contributed by atoms with van der Waals surface area (Å²) in [5.74, 6) is -8.30. The number of aliphatic hydroxyl groups is 2. The minimum Gasteiger partial charge on any atom is -0.507 e. The number of aromatic hydroxyl groups is 3. The third kappa shape index (κ3) is 12.6. The van der Waals surface area contributed by atoms with Gasteiger partial charge < -0.3 is 55.2 Å². The van der Waals surface area contributed by atoms with Gasteiger partial charge in [-0.25, -0.2) is 0 Å². The van der Waals surface area contributed by atoms with Gasteiger partial charge in [0.1, 0.15) is 23.4 Å². The number of phenolic OH excluding ortho intramolecular Hbond substituents is 3. The first kappa shape index (κ1) is 53.8. The first-order valence-electron chi connectivity index (χ1n) is 24.7. The van der Waals surface area contributed by atoms with Crippen molar-refractivity contribution in [2.45, 2.75) is 182 Å². The number of carbonyl (C=O) groups excluding carboxylic acids is 3. The monoisotopic (exact) mass is 948 g/mol. The fraction of sp³-hybridized carbons (Fsp3) is 0.623. The molecule has 7 N–H and O–H groups in total. The smallest absolute Gasteiger partial charge is 0.312 e. The van der Waals surface area contributed by atoms with Gasteiger partial charge in [-0.3, -0.25) is 14.4 Å². The number of amides is 1. The number of nitrogens with zero attached hydrogens (tertiary/aromatic N) is 1. The average Bonchev–Trinajstić information content (AvgIpc) is 3.56. The van der Waals surface area contributed by atoms with Gasteiger partial charge >= 0.3 is 11.8 Å². The van der Waals surface area contributed by atoms with Gasteiger partial charge in [-0.2, -0.15) is 5.10 Å². The number of carbonyl (C=O) groups is 3. The van der Waals surface area contributed by atoms with Gasteiger partial charge in [0, 0.05) is 67.2 Å². The number of hydrogen-bond acceptors (Lipinski definition) is 14. The van der Waals surface area contributed by atoms with Crippen molar-refractivity contribution in [1.29, 1.82) is 0 Å². The van der Waals surface area contributed by atoms with Crippen molar-refractivity contribution < 1.29 is 58.9 Å².